The van der Waals surface area contributed by atoms with E-state index in [1.54, 1.807) is 0 Å². The van der Waals surface area contributed by atoms with Gasteiger partial charge in [0.05, 0.1) is 6.10 Å². The molecule has 0 heterocycles. The van der Waals surface area contributed by atoms with Crippen LogP contribution >= 0.6 is 0 Å². The van der Waals surface area contributed by atoms with Crippen LogP contribution in [0.2, 0.25) is 0 Å². The highest BCUT2D eigenvalue weighted by molar-refractivity contribution is 5.45. The minimum atomic E-state index is -0.516. The second-order valence-electron chi connectivity index (χ2n) is 5.44. The summed E-state index contributed by atoms with van der Waals surface area (Å²) in [5, 5.41) is 22.6. The van der Waals surface area contributed by atoms with E-state index < -0.39 is 6.10 Å². The zero-order valence-corrected chi connectivity index (χ0v) is 12.7. The number of nitrogens with one attached hydrogen (secondary N) is 1. The third-order valence-corrected chi connectivity index (χ3v) is 3.99. The van der Waals surface area contributed by atoms with Crippen molar-refractivity contribution < 1.29 is 10.2 Å². The largest absolute Gasteiger partial charge is 0.396 e. The van der Waals surface area contributed by atoms with Gasteiger partial charge in [-0.2, -0.15) is 0 Å². The first kappa shape index (κ1) is 16.2. The maximum absolute atomic E-state index is 10.6. The predicted octanol–water partition coefficient (Wildman–Crippen LogP) is 2.31. The minimum Gasteiger partial charge on any atom is -0.396 e. The van der Waals surface area contributed by atoms with Gasteiger partial charge in [-0.3, -0.25) is 0 Å². The molecule has 0 radical (unpaired) electrons. The molecule has 108 valence electrons. The van der Waals surface area contributed by atoms with Crippen molar-refractivity contribution in [3.05, 3.63) is 33.9 Å². The minimum absolute atomic E-state index is 0.0230. The van der Waals surface area contributed by atoms with Crippen LogP contribution in [0, 0.1) is 27.7 Å². The van der Waals surface area contributed by atoms with Crippen molar-refractivity contribution in [3.63, 3.8) is 0 Å². The molecule has 0 saturated heterocycles. The van der Waals surface area contributed by atoms with E-state index >= 15 is 0 Å². The van der Waals surface area contributed by atoms with E-state index in [9.17, 15) is 5.11 Å². The van der Waals surface area contributed by atoms with Gasteiger partial charge in [0.15, 0.2) is 0 Å². The Morgan fingerprint density at radius 1 is 1.11 bits per heavy atom. The molecular formula is C16H27NO2. The topological polar surface area (TPSA) is 52.5 Å². The first-order valence-electron chi connectivity index (χ1n) is 6.99. The average Bonchev–Trinajstić information content (AvgIpc) is 2.36. The molecule has 0 bridgehead atoms. The van der Waals surface area contributed by atoms with E-state index in [0.29, 0.717) is 6.42 Å². The first-order chi connectivity index (χ1) is 8.90. The average molecular weight is 265 g/mol. The van der Waals surface area contributed by atoms with E-state index in [4.69, 9.17) is 5.11 Å². The van der Waals surface area contributed by atoms with E-state index in [-0.39, 0.29) is 12.6 Å². The predicted molar refractivity (Wildman–Crippen MR) is 79.5 cm³/mol. The van der Waals surface area contributed by atoms with Crippen LogP contribution < -0.4 is 5.32 Å². The summed E-state index contributed by atoms with van der Waals surface area (Å²) >= 11 is 0. The van der Waals surface area contributed by atoms with Crippen LogP contribution in [0.3, 0.4) is 0 Å². The first-order valence-corrected chi connectivity index (χ1v) is 6.99. The monoisotopic (exact) mass is 265 g/mol. The molecule has 0 aliphatic heterocycles. The van der Waals surface area contributed by atoms with Gasteiger partial charge in [0.1, 0.15) is 0 Å². The van der Waals surface area contributed by atoms with Crippen LogP contribution in [-0.2, 0) is 0 Å². The van der Waals surface area contributed by atoms with Crippen LogP contribution in [-0.4, -0.2) is 29.4 Å². The van der Waals surface area contributed by atoms with Gasteiger partial charge in [0, 0.05) is 12.6 Å². The maximum Gasteiger partial charge on any atom is 0.0945 e. The summed E-state index contributed by atoms with van der Waals surface area (Å²) in [5.74, 6) is 0. The zero-order chi connectivity index (χ0) is 14.6. The summed E-state index contributed by atoms with van der Waals surface area (Å²) in [7, 11) is 0. The van der Waals surface area contributed by atoms with Gasteiger partial charge < -0.3 is 15.5 Å². The number of aliphatic hydroxyl groups is 2. The fraction of sp³-hybridized carbons (Fsp3) is 0.625. The molecule has 0 amide bonds. The normalized spacial score (nSPS) is 14.5. The van der Waals surface area contributed by atoms with Crippen LogP contribution in [0.4, 0.5) is 0 Å². The molecule has 2 unspecified atom stereocenters. The van der Waals surface area contributed by atoms with Crippen LogP contribution in [0.5, 0.6) is 0 Å². The van der Waals surface area contributed by atoms with E-state index in [2.05, 4.69) is 39.1 Å². The van der Waals surface area contributed by atoms with Gasteiger partial charge in [-0.05, 0) is 75.4 Å². The van der Waals surface area contributed by atoms with Crippen molar-refractivity contribution >= 4 is 0 Å². The molecule has 1 aromatic carbocycles. The lowest BCUT2D eigenvalue weighted by molar-refractivity contribution is 0.133. The molecule has 0 aliphatic rings. The van der Waals surface area contributed by atoms with Crippen molar-refractivity contribution in [3.8, 4) is 0 Å². The molecule has 0 fully saturated rings. The van der Waals surface area contributed by atoms with Crippen molar-refractivity contribution in [1.29, 1.82) is 0 Å². The second kappa shape index (κ2) is 7.04. The Bertz CT molecular complexity index is 403. The zero-order valence-electron chi connectivity index (χ0n) is 12.7. The van der Waals surface area contributed by atoms with Crippen molar-refractivity contribution in [1.82, 2.24) is 5.32 Å². The molecule has 2 atom stereocenters. The van der Waals surface area contributed by atoms with Gasteiger partial charge >= 0.3 is 0 Å². The number of hydrogen-bond acceptors (Lipinski definition) is 3. The molecule has 3 heteroatoms. The van der Waals surface area contributed by atoms with Crippen molar-refractivity contribution in [2.24, 2.45) is 0 Å². The summed E-state index contributed by atoms with van der Waals surface area (Å²) in [6, 6.07) is 2.15. The lowest BCUT2D eigenvalue weighted by Crippen LogP contribution is -2.34. The number of rotatable bonds is 6. The third kappa shape index (κ3) is 3.78. The number of hydrogen-bond donors (Lipinski definition) is 3. The molecule has 3 nitrogen and oxygen atoms in total. The number of aryl methyl sites for hydroxylation is 2. The van der Waals surface area contributed by atoms with Crippen LogP contribution in [0.15, 0.2) is 6.07 Å². The summed E-state index contributed by atoms with van der Waals surface area (Å²) in [4.78, 5) is 0. The second-order valence-corrected chi connectivity index (χ2v) is 5.44. The standard InChI is InChI=1S/C16H27NO2/c1-10-9-11(2)13(4)15(12(10)3)16(19)14(5)17-7-6-8-18/h9,14,16-19H,6-8H2,1-5H3. The fourth-order valence-corrected chi connectivity index (χ4v) is 2.46. The van der Waals surface area contributed by atoms with E-state index in [1.807, 2.05) is 6.92 Å². The summed E-state index contributed by atoms with van der Waals surface area (Å²) in [6.45, 7) is 11.2. The maximum atomic E-state index is 10.6. The SMILES string of the molecule is Cc1cc(C)c(C)c(C(O)C(C)NCCCO)c1C. The van der Waals surface area contributed by atoms with Crippen molar-refractivity contribution in [2.45, 2.75) is 53.2 Å². The van der Waals surface area contributed by atoms with Gasteiger partial charge in [0.25, 0.3) is 0 Å². The van der Waals surface area contributed by atoms with Crippen LogP contribution in [0.25, 0.3) is 0 Å². The highest BCUT2D eigenvalue weighted by atomic mass is 16.3. The highest BCUT2D eigenvalue weighted by Gasteiger charge is 2.21. The Labute approximate surface area is 116 Å². The molecule has 0 spiro atoms. The van der Waals surface area contributed by atoms with Crippen molar-refractivity contribution in [2.75, 3.05) is 13.2 Å². The molecule has 3 N–H and O–H groups in total. The molecule has 1 rings (SSSR count). The molecular weight excluding hydrogens is 238 g/mol. The van der Waals surface area contributed by atoms with Gasteiger partial charge in [-0.15, -0.1) is 0 Å². The quantitative estimate of drug-likeness (QED) is 0.692. The molecule has 19 heavy (non-hydrogen) atoms. The summed E-state index contributed by atoms with van der Waals surface area (Å²) < 4.78 is 0. The smallest absolute Gasteiger partial charge is 0.0945 e. The number of aliphatic hydroxyl groups excluding tert-OH is 2. The summed E-state index contributed by atoms with van der Waals surface area (Å²) in [6.07, 6.45) is 0.194. The Kier molecular flexibility index (Phi) is 5.98. The van der Waals surface area contributed by atoms with Crippen LogP contribution in [0.1, 0.15) is 47.3 Å². The molecule has 0 saturated carbocycles. The number of benzene rings is 1. The lowest BCUT2D eigenvalue weighted by atomic mass is 9.88. The van der Waals surface area contributed by atoms with Gasteiger partial charge in [-0.1, -0.05) is 6.07 Å². The Balaban J connectivity index is 2.95. The lowest BCUT2D eigenvalue weighted by Gasteiger charge is -2.25. The van der Waals surface area contributed by atoms with Gasteiger partial charge in [-0.25, -0.2) is 0 Å². The molecule has 0 aromatic heterocycles. The molecule has 1 aromatic rings. The Morgan fingerprint density at radius 3 is 2.11 bits per heavy atom. The van der Waals surface area contributed by atoms with E-state index in [1.165, 1.54) is 22.3 Å². The van der Waals surface area contributed by atoms with E-state index in [0.717, 1.165) is 12.1 Å². The Morgan fingerprint density at radius 2 is 1.63 bits per heavy atom. The third-order valence-electron chi connectivity index (χ3n) is 3.99. The fourth-order valence-electron chi connectivity index (χ4n) is 2.46. The van der Waals surface area contributed by atoms with Gasteiger partial charge in [0.2, 0.25) is 0 Å². The Hall–Kier alpha value is -0.900. The summed E-state index contributed by atoms with van der Waals surface area (Å²) in [5.41, 5.74) is 5.83. The highest BCUT2D eigenvalue weighted by Crippen LogP contribution is 2.29. The molecule has 0 aliphatic carbocycles.